The molecule has 0 spiro atoms. The molecule has 5 heteroatoms. The van der Waals surface area contributed by atoms with Gasteiger partial charge in [0.2, 0.25) is 5.91 Å². The summed E-state index contributed by atoms with van der Waals surface area (Å²) in [4.78, 5) is 13.4. The lowest BCUT2D eigenvalue weighted by molar-refractivity contribution is -0.130. The molecule has 5 nitrogen and oxygen atoms in total. The number of hydrogen-bond acceptors (Lipinski definition) is 4. The van der Waals surface area contributed by atoms with Crippen LogP contribution in [-0.4, -0.2) is 43.2 Å². The van der Waals surface area contributed by atoms with Crippen molar-refractivity contribution in [3.8, 4) is 11.5 Å². The van der Waals surface area contributed by atoms with Crippen LogP contribution in [0, 0.1) is 5.92 Å². The number of carbonyl (C=O) groups excluding carboxylic acids is 1. The minimum absolute atomic E-state index is 0.174. The first kappa shape index (κ1) is 15.2. The van der Waals surface area contributed by atoms with Crippen molar-refractivity contribution in [2.45, 2.75) is 32.9 Å². The smallest absolute Gasteiger partial charge is 0.219 e. The number of nitrogens with one attached hydrogen (secondary N) is 1. The molecule has 1 fully saturated rings. The van der Waals surface area contributed by atoms with Gasteiger partial charge in [0.05, 0.1) is 0 Å². The SMILES string of the molecule is CC(=O)N1CC[C@@H](NCc2cccc3c2OCCO3)[C@@H](C)C1. The van der Waals surface area contributed by atoms with Gasteiger partial charge >= 0.3 is 0 Å². The van der Waals surface area contributed by atoms with E-state index in [1.807, 2.05) is 17.0 Å². The normalized spacial score (nSPS) is 24.2. The third-order valence-corrected chi connectivity index (χ3v) is 4.55. The Kier molecular flexibility index (Phi) is 4.52. The van der Waals surface area contributed by atoms with Crippen molar-refractivity contribution >= 4 is 5.91 Å². The van der Waals surface area contributed by atoms with Crippen molar-refractivity contribution in [2.24, 2.45) is 5.92 Å². The zero-order valence-corrected chi connectivity index (χ0v) is 13.3. The fourth-order valence-corrected chi connectivity index (χ4v) is 3.25. The van der Waals surface area contributed by atoms with E-state index in [1.165, 1.54) is 0 Å². The Labute approximate surface area is 131 Å². The van der Waals surface area contributed by atoms with Gasteiger partial charge in [-0.1, -0.05) is 19.1 Å². The first-order chi connectivity index (χ1) is 10.6. The Morgan fingerprint density at radius 2 is 2.18 bits per heavy atom. The minimum Gasteiger partial charge on any atom is -0.486 e. The van der Waals surface area contributed by atoms with E-state index in [1.54, 1.807) is 6.92 Å². The molecule has 0 radical (unpaired) electrons. The molecule has 3 rings (SSSR count). The van der Waals surface area contributed by atoms with E-state index in [0.29, 0.717) is 25.2 Å². The van der Waals surface area contributed by atoms with Crippen molar-refractivity contribution in [1.29, 1.82) is 0 Å². The van der Waals surface area contributed by atoms with Crippen LogP contribution in [0.2, 0.25) is 0 Å². The van der Waals surface area contributed by atoms with Gasteiger partial charge in [-0.2, -0.15) is 0 Å². The topological polar surface area (TPSA) is 50.8 Å². The molecule has 0 saturated carbocycles. The van der Waals surface area contributed by atoms with Crippen molar-refractivity contribution in [3.63, 3.8) is 0 Å². The van der Waals surface area contributed by atoms with Gasteiger partial charge in [-0.3, -0.25) is 4.79 Å². The van der Waals surface area contributed by atoms with E-state index in [9.17, 15) is 4.79 Å². The lowest BCUT2D eigenvalue weighted by Crippen LogP contribution is -2.49. The van der Waals surface area contributed by atoms with E-state index in [-0.39, 0.29) is 5.91 Å². The standard InChI is InChI=1S/C17H24N2O3/c1-12-11-19(13(2)20)7-6-15(12)18-10-14-4-3-5-16-17(14)22-9-8-21-16/h3-5,12,15,18H,6-11H2,1-2H3/t12-,15+/m0/s1. The summed E-state index contributed by atoms with van der Waals surface area (Å²) in [6, 6.07) is 6.46. The molecule has 1 amide bonds. The summed E-state index contributed by atoms with van der Waals surface area (Å²) in [5, 5.41) is 3.62. The Morgan fingerprint density at radius 3 is 2.95 bits per heavy atom. The van der Waals surface area contributed by atoms with E-state index >= 15 is 0 Å². The van der Waals surface area contributed by atoms with Gasteiger partial charge in [0, 0.05) is 38.2 Å². The number of piperidine rings is 1. The second kappa shape index (κ2) is 6.57. The maximum absolute atomic E-state index is 11.5. The summed E-state index contributed by atoms with van der Waals surface area (Å²) < 4.78 is 11.4. The number of fused-ring (bicyclic) bond motifs is 1. The highest BCUT2D eigenvalue weighted by Gasteiger charge is 2.27. The van der Waals surface area contributed by atoms with Crippen LogP contribution in [-0.2, 0) is 11.3 Å². The first-order valence-corrected chi connectivity index (χ1v) is 8.01. The van der Waals surface area contributed by atoms with Gasteiger partial charge in [-0.05, 0) is 18.4 Å². The largest absolute Gasteiger partial charge is 0.486 e. The zero-order valence-electron chi connectivity index (χ0n) is 13.3. The van der Waals surface area contributed by atoms with Crippen LogP contribution in [0.15, 0.2) is 18.2 Å². The molecule has 2 aliphatic rings. The molecule has 22 heavy (non-hydrogen) atoms. The molecule has 2 aliphatic heterocycles. The quantitative estimate of drug-likeness (QED) is 0.925. The molecule has 120 valence electrons. The first-order valence-electron chi connectivity index (χ1n) is 8.01. The van der Waals surface area contributed by atoms with Gasteiger partial charge in [0.25, 0.3) is 0 Å². The molecule has 0 aliphatic carbocycles. The number of carbonyl (C=O) groups is 1. The summed E-state index contributed by atoms with van der Waals surface area (Å²) in [6.45, 7) is 7.51. The Balaban J connectivity index is 1.60. The average Bonchev–Trinajstić information content (AvgIpc) is 2.53. The summed E-state index contributed by atoms with van der Waals surface area (Å²) in [6.07, 6.45) is 0.993. The monoisotopic (exact) mass is 304 g/mol. The fourth-order valence-electron chi connectivity index (χ4n) is 3.25. The van der Waals surface area contributed by atoms with Gasteiger partial charge in [-0.25, -0.2) is 0 Å². The van der Waals surface area contributed by atoms with E-state index in [0.717, 1.165) is 43.1 Å². The van der Waals surface area contributed by atoms with Gasteiger partial charge in [0.1, 0.15) is 13.2 Å². The van der Waals surface area contributed by atoms with Crippen LogP contribution in [0.25, 0.3) is 0 Å². The van der Waals surface area contributed by atoms with Crippen molar-refractivity contribution in [2.75, 3.05) is 26.3 Å². The van der Waals surface area contributed by atoms with E-state index in [2.05, 4.69) is 18.3 Å². The number of hydrogen-bond donors (Lipinski definition) is 1. The number of nitrogens with zero attached hydrogens (tertiary/aromatic N) is 1. The average molecular weight is 304 g/mol. The summed E-state index contributed by atoms with van der Waals surface area (Å²) >= 11 is 0. The Bertz CT molecular complexity index is 547. The van der Waals surface area contributed by atoms with Crippen molar-refractivity contribution in [1.82, 2.24) is 10.2 Å². The molecule has 0 aromatic heterocycles. The predicted octanol–water partition coefficient (Wildman–Crippen LogP) is 1.80. The predicted molar refractivity (Wildman–Crippen MR) is 84.1 cm³/mol. The van der Waals surface area contributed by atoms with Crippen LogP contribution < -0.4 is 14.8 Å². The summed E-state index contributed by atoms with van der Waals surface area (Å²) in [5.41, 5.74) is 1.14. The number of amides is 1. The third-order valence-electron chi connectivity index (χ3n) is 4.55. The lowest BCUT2D eigenvalue weighted by atomic mass is 9.93. The third kappa shape index (κ3) is 3.19. The van der Waals surface area contributed by atoms with E-state index < -0.39 is 0 Å². The summed E-state index contributed by atoms with van der Waals surface area (Å²) in [5.74, 6) is 2.34. The van der Waals surface area contributed by atoms with Crippen LogP contribution in [0.3, 0.4) is 0 Å². The molecule has 1 N–H and O–H groups in total. The van der Waals surface area contributed by atoms with Crippen LogP contribution >= 0.6 is 0 Å². The second-order valence-corrected chi connectivity index (χ2v) is 6.16. The molecular formula is C17H24N2O3. The Morgan fingerprint density at radius 1 is 1.36 bits per heavy atom. The number of para-hydroxylation sites is 1. The van der Waals surface area contributed by atoms with Gasteiger partial charge in [0.15, 0.2) is 11.5 Å². The van der Waals surface area contributed by atoms with Crippen molar-refractivity contribution in [3.05, 3.63) is 23.8 Å². The molecule has 1 aromatic rings. The molecule has 2 atom stereocenters. The lowest BCUT2D eigenvalue weighted by Gasteiger charge is -2.37. The highest BCUT2D eigenvalue weighted by atomic mass is 16.6. The molecule has 2 heterocycles. The molecule has 0 unspecified atom stereocenters. The van der Waals surface area contributed by atoms with Crippen LogP contribution in [0.5, 0.6) is 11.5 Å². The molecule has 0 bridgehead atoms. The van der Waals surface area contributed by atoms with Gasteiger partial charge in [-0.15, -0.1) is 0 Å². The van der Waals surface area contributed by atoms with Crippen LogP contribution in [0.4, 0.5) is 0 Å². The Hall–Kier alpha value is -1.75. The fraction of sp³-hybridized carbons (Fsp3) is 0.588. The second-order valence-electron chi connectivity index (χ2n) is 6.16. The maximum Gasteiger partial charge on any atom is 0.219 e. The zero-order chi connectivity index (χ0) is 15.5. The summed E-state index contributed by atoms with van der Waals surface area (Å²) in [7, 11) is 0. The molecule has 1 aromatic carbocycles. The highest BCUT2D eigenvalue weighted by Crippen LogP contribution is 2.33. The molecular weight excluding hydrogens is 280 g/mol. The van der Waals surface area contributed by atoms with Crippen LogP contribution in [0.1, 0.15) is 25.8 Å². The van der Waals surface area contributed by atoms with Gasteiger partial charge < -0.3 is 19.7 Å². The highest BCUT2D eigenvalue weighted by molar-refractivity contribution is 5.73. The number of benzene rings is 1. The maximum atomic E-state index is 11.5. The number of rotatable bonds is 3. The molecule has 1 saturated heterocycles. The van der Waals surface area contributed by atoms with Crippen molar-refractivity contribution < 1.29 is 14.3 Å². The number of likely N-dealkylation sites (tertiary alicyclic amines) is 1. The minimum atomic E-state index is 0.174. The van der Waals surface area contributed by atoms with E-state index in [4.69, 9.17) is 9.47 Å². The number of ether oxygens (including phenoxy) is 2.